The lowest BCUT2D eigenvalue weighted by Gasteiger charge is -2.18. The van der Waals surface area contributed by atoms with Crippen molar-refractivity contribution >= 4 is 21.6 Å². The first-order valence-electron chi connectivity index (χ1n) is 9.46. The fourth-order valence-electron chi connectivity index (χ4n) is 2.94. The number of aryl methyl sites for hydroxylation is 1. The van der Waals surface area contributed by atoms with Crippen molar-refractivity contribution in [3.8, 4) is 11.5 Å². The Morgan fingerprint density at radius 1 is 1.00 bits per heavy atom. The van der Waals surface area contributed by atoms with Crippen molar-refractivity contribution < 1.29 is 22.7 Å². The first-order valence-corrected chi connectivity index (χ1v) is 10.9. The molecule has 8 heteroatoms. The number of nitrogens with one attached hydrogen (secondary N) is 1. The molecule has 7 nitrogen and oxygen atoms in total. The predicted octanol–water partition coefficient (Wildman–Crippen LogP) is 3.31. The number of hydrogen-bond donors (Lipinski definition) is 1. The third-order valence-corrected chi connectivity index (χ3v) is 6.56. The van der Waals surface area contributed by atoms with Crippen LogP contribution in [0.5, 0.6) is 11.5 Å². The van der Waals surface area contributed by atoms with E-state index in [2.05, 4.69) is 5.32 Å². The highest BCUT2D eigenvalue weighted by Gasteiger charge is 2.21. The summed E-state index contributed by atoms with van der Waals surface area (Å²) in [5, 5.41) is 2.77. The van der Waals surface area contributed by atoms with Gasteiger partial charge in [-0.3, -0.25) is 4.79 Å². The molecule has 0 radical (unpaired) electrons. The van der Waals surface area contributed by atoms with Crippen LogP contribution in [-0.2, 0) is 21.2 Å². The van der Waals surface area contributed by atoms with Crippen LogP contribution in [-0.4, -0.2) is 45.9 Å². The molecular weight excluding hydrogens is 392 g/mol. The van der Waals surface area contributed by atoms with Crippen molar-refractivity contribution in [2.45, 2.75) is 31.6 Å². The topological polar surface area (TPSA) is 84.9 Å². The van der Waals surface area contributed by atoms with Gasteiger partial charge in [0, 0.05) is 31.3 Å². The number of nitrogens with zero attached hydrogens (tertiary/aromatic N) is 1. The fraction of sp³-hybridized carbons (Fsp3) is 0.381. The molecule has 0 unspecified atom stereocenters. The average Bonchev–Trinajstić information content (AvgIpc) is 2.72. The smallest absolute Gasteiger partial charge is 0.243 e. The quantitative estimate of drug-likeness (QED) is 0.637. The number of hydrogen-bond acceptors (Lipinski definition) is 5. The molecule has 0 heterocycles. The predicted molar refractivity (Wildman–Crippen MR) is 113 cm³/mol. The van der Waals surface area contributed by atoms with Gasteiger partial charge >= 0.3 is 0 Å². The Morgan fingerprint density at radius 2 is 1.62 bits per heavy atom. The fourth-order valence-corrected chi connectivity index (χ4v) is 4.44. The number of rotatable bonds is 10. The summed E-state index contributed by atoms with van der Waals surface area (Å²) in [6.45, 7) is 4.36. The van der Waals surface area contributed by atoms with Crippen molar-refractivity contribution in [1.29, 1.82) is 0 Å². The number of carbonyl (C=O) groups excluding carboxylic acids is 1. The molecule has 0 atom stereocenters. The Kier molecular flexibility index (Phi) is 8.04. The zero-order chi connectivity index (χ0) is 21.4. The number of anilines is 1. The second-order valence-electron chi connectivity index (χ2n) is 6.39. The minimum Gasteiger partial charge on any atom is -0.497 e. The van der Waals surface area contributed by atoms with Crippen molar-refractivity contribution in [3.63, 3.8) is 0 Å². The van der Waals surface area contributed by atoms with Crippen LogP contribution in [0.25, 0.3) is 0 Å². The largest absolute Gasteiger partial charge is 0.497 e. The van der Waals surface area contributed by atoms with E-state index in [1.54, 1.807) is 46.3 Å². The Labute approximate surface area is 172 Å². The van der Waals surface area contributed by atoms with Gasteiger partial charge in [0.1, 0.15) is 11.5 Å². The van der Waals surface area contributed by atoms with Crippen LogP contribution in [0.4, 0.5) is 5.69 Å². The monoisotopic (exact) mass is 420 g/mol. The van der Waals surface area contributed by atoms with Gasteiger partial charge in [-0.25, -0.2) is 8.42 Å². The molecule has 158 valence electrons. The maximum absolute atomic E-state index is 12.7. The van der Waals surface area contributed by atoms with E-state index in [1.807, 2.05) is 12.1 Å². The molecular formula is C21H28N2O5S. The number of benzene rings is 2. The molecule has 0 saturated carbocycles. The van der Waals surface area contributed by atoms with E-state index in [4.69, 9.17) is 9.47 Å². The molecule has 29 heavy (non-hydrogen) atoms. The number of methoxy groups -OCH3 is 2. The van der Waals surface area contributed by atoms with Gasteiger partial charge in [-0.2, -0.15) is 4.31 Å². The summed E-state index contributed by atoms with van der Waals surface area (Å²) in [6, 6.07) is 11.8. The molecule has 2 aromatic carbocycles. The van der Waals surface area contributed by atoms with E-state index in [1.165, 1.54) is 16.4 Å². The molecule has 0 saturated heterocycles. The third kappa shape index (κ3) is 5.95. The number of ether oxygens (including phenoxy) is 2. The maximum Gasteiger partial charge on any atom is 0.243 e. The first-order chi connectivity index (χ1) is 13.8. The highest BCUT2D eigenvalue weighted by atomic mass is 32.2. The summed E-state index contributed by atoms with van der Waals surface area (Å²) >= 11 is 0. The van der Waals surface area contributed by atoms with E-state index >= 15 is 0 Å². The van der Waals surface area contributed by atoms with Gasteiger partial charge in [-0.15, -0.1) is 0 Å². The van der Waals surface area contributed by atoms with Crippen molar-refractivity contribution in [1.82, 2.24) is 4.31 Å². The summed E-state index contributed by atoms with van der Waals surface area (Å²) in [4.78, 5) is 12.5. The Balaban J connectivity index is 2.07. The normalized spacial score (nSPS) is 11.3. The number of carbonyl (C=O) groups is 1. The van der Waals surface area contributed by atoms with Gasteiger partial charge in [0.15, 0.2) is 0 Å². The van der Waals surface area contributed by atoms with E-state index < -0.39 is 10.0 Å². The lowest BCUT2D eigenvalue weighted by atomic mass is 10.1. The maximum atomic E-state index is 12.7. The molecule has 0 aliphatic rings. The van der Waals surface area contributed by atoms with Crippen LogP contribution >= 0.6 is 0 Å². The minimum absolute atomic E-state index is 0.163. The standard InChI is InChI=1S/C21H28N2O5S/c1-5-23(6-2)29(25,26)20-9-7-8-17(14-20)22-21(24)11-10-16-12-18(27-3)15-19(13-16)28-4/h7-9,12-15H,5-6,10-11H2,1-4H3,(H,22,24). The van der Waals surface area contributed by atoms with Gasteiger partial charge in [0.25, 0.3) is 0 Å². The first kappa shape index (κ1) is 22.7. The van der Waals surface area contributed by atoms with Gasteiger partial charge in [0.2, 0.25) is 15.9 Å². The summed E-state index contributed by atoms with van der Waals surface area (Å²) < 4.78 is 37.2. The van der Waals surface area contributed by atoms with Gasteiger partial charge in [-0.1, -0.05) is 19.9 Å². The van der Waals surface area contributed by atoms with Crippen LogP contribution in [0.3, 0.4) is 0 Å². The van der Waals surface area contributed by atoms with E-state index in [0.717, 1.165) is 5.56 Å². The van der Waals surface area contributed by atoms with Crippen LogP contribution in [0.15, 0.2) is 47.4 Å². The van der Waals surface area contributed by atoms with E-state index in [9.17, 15) is 13.2 Å². The molecule has 0 spiro atoms. The summed E-state index contributed by atoms with van der Waals surface area (Å²) in [5.74, 6) is 1.12. The number of sulfonamides is 1. The molecule has 0 aromatic heterocycles. The second kappa shape index (κ2) is 10.3. The molecule has 0 fully saturated rings. The van der Waals surface area contributed by atoms with Crippen LogP contribution in [0, 0.1) is 0 Å². The molecule has 0 bridgehead atoms. The Hall–Kier alpha value is -2.58. The SMILES string of the molecule is CCN(CC)S(=O)(=O)c1cccc(NC(=O)CCc2cc(OC)cc(OC)c2)c1. The lowest BCUT2D eigenvalue weighted by Crippen LogP contribution is -2.30. The molecule has 1 amide bonds. The van der Waals surface area contributed by atoms with Gasteiger partial charge < -0.3 is 14.8 Å². The van der Waals surface area contributed by atoms with Crippen LogP contribution < -0.4 is 14.8 Å². The van der Waals surface area contributed by atoms with Crippen LogP contribution in [0.2, 0.25) is 0 Å². The third-order valence-electron chi connectivity index (χ3n) is 4.51. The zero-order valence-corrected chi connectivity index (χ0v) is 18.1. The van der Waals surface area contributed by atoms with Crippen molar-refractivity contribution in [3.05, 3.63) is 48.0 Å². The van der Waals surface area contributed by atoms with Gasteiger partial charge in [0.05, 0.1) is 19.1 Å². The molecule has 0 aliphatic heterocycles. The molecule has 0 aliphatic carbocycles. The van der Waals surface area contributed by atoms with Gasteiger partial charge in [-0.05, 0) is 42.3 Å². The van der Waals surface area contributed by atoms with Crippen LogP contribution in [0.1, 0.15) is 25.8 Å². The molecule has 1 N–H and O–H groups in total. The lowest BCUT2D eigenvalue weighted by molar-refractivity contribution is -0.116. The Bertz CT molecular complexity index is 918. The van der Waals surface area contributed by atoms with Crippen molar-refractivity contribution in [2.75, 3.05) is 32.6 Å². The van der Waals surface area contributed by atoms with E-state index in [0.29, 0.717) is 36.7 Å². The minimum atomic E-state index is -3.58. The second-order valence-corrected chi connectivity index (χ2v) is 8.32. The van der Waals surface area contributed by atoms with Crippen molar-refractivity contribution in [2.24, 2.45) is 0 Å². The summed E-state index contributed by atoms with van der Waals surface area (Å²) in [6.07, 6.45) is 0.736. The summed E-state index contributed by atoms with van der Waals surface area (Å²) in [5.41, 5.74) is 1.36. The molecule has 2 rings (SSSR count). The van der Waals surface area contributed by atoms with E-state index in [-0.39, 0.29) is 17.2 Å². The Morgan fingerprint density at radius 3 is 2.17 bits per heavy atom. The highest BCUT2D eigenvalue weighted by Crippen LogP contribution is 2.24. The summed E-state index contributed by atoms with van der Waals surface area (Å²) in [7, 11) is -0.428. The average molecular weight is 421 g/mol. The molecule has 2 aromatic rings. The number of amides is 1. The zero-order valence-electron chi connectivity index (χ0n) is 17.3. The highest BCUT2D eigenvalue weighted by molar-refractivity contribution is 7.89.